The maximum absolute atomic E-state index is 15.3. The lowest BCUT2D eigenvalue weighted by molar-refractivity contribution is -0.141. The molecular formula is C36H27Cl2F5N2O7. The number of halogens is 7. The van der Waals surface area contributed by atoms with Crippen LogP contribution in [0.4, 0.5) is 27.6 Å². The molecule has 3 fully saturated rings. The molecule has 1 saturated carbocycles. The van der Waals surface area contributed by atoms with Crippen molar-refractivity contribution in [2.75, 3.05) is 11.4 Å². The Morgan fingerprint density at radius 2 is 1.48 bits per heavy atom. The van der Waals surface area contributed by atoms with E-state index in [2.05, 4.69) is 0 Å². The number of likely N-dealkylation sites (tertiary alicyclic amines) is 1. The van der Waals surface area contributed by atoms with E-state index < -0.39 is 110 Å². The lowest BCUT2D eigenvalue weighted by Gasteiger charge is -2.51. The number of nitrogens with zero attached hydrogens (tertiary/aromatic N) is 2. The average molecular weight is 766 g/mol. The second-order valence-corrected chi connectivity index (χ2v) is 14.7. The van der Waals surface area contributed by atoms with E-state index in [1.54, 1.807) is 36.4 Å². The zero-order valence-electron chi connectivity index (χ0n) is 26.8. The van der Waals surface area contributed by atoms with Crippen LogP contribution in [-0.2, 0) is 24.0 Å². The van der Waals surface area contributed by atoms with Crippen molar-refractivity contribution in [3.05, 3.63) is 82.7 Å². The van der Waals surface area contributed by atoms with Crippen LogP contribution in [0, 0.1) is 46.8 Å². The second-order valence-electron chi connectivity index (χ2n) is 13.4. The van der Waals surface area contributed by atoms with Crippen LogP contribution in [0.15, 0.2) is 48.0 Å². The van der Waals surface area contributed by atoms with Gasteiger partial charge in [0.1, 0.15) is 11.4 Å². The fourth-order valence-electron chi connectivity index (χ4n) is 8.48. The van der Waals surface area contributed by atoms with Crippen LogP contribution < -0.4 is 4.90 Å². The predicted molar refractivity (Wildman–Crippen MR) is 175 cm³/mol. The van der Waals surface area contributed by atoms with Gasteiger partial charge in [-0.05, 0) is 48.4 Å². The molecule has 2 N–H and O–H groups in total. The van der Waals surface area contributed by atoms with Crippen LogP contribution in [0.5, 0.6) is 5.75 Å². The fourth-order valence-corrected chi connectivity index (χ4v) is 9.40. The highest BCUT2D eigenvalue weighted by Crippen LogP contribution is 2.67. The van der Waals surface area contributed by atoms with Gasteiger partial charge in [-0.25, -0.2) is 26.9 Å². The van der Waals surface area contributed by atoms with Crippen molar-refractivity contribution in [3.63, 3.8) is 0 Å². The number of allylic oxidation sites excluding steroid dienone is 2. The molecule has 7 rings (SSSR count). The van der Waals surface area contributed by atoms with Gasteiger partial charge in [0.05, 0.1) is 11.8 Å². The first-order valence-electron chi connectivity index (χ1n) is 16.3. The number of phenolic OH excluding ortho intramolecular Hbond substituents is 1. The number of benzene rings is 3. The van der Waals surface area contributed by atoms with Crippen LogP contribution in [0.2, 0.25) is 0 Å². The Bertz CT molecular complexity index is 2140. The maximum Gasteiger partial charge on any atom is 0.303 e. The summed E-state index contributed by atoms with van der Waals surface area (Å²) >= 11 is 14.4. The lowest BCUT2D eigenvalue weighted by Crippen LogP contribution is -2.60. The second kappa shape index (κ2) is 12.5. The number of rotatable bonds is 8. The molecule has 0 radical (unpaired) electrons. The van der Waals surface area contributed by atoms with Crippen molar-refractivity contribution in [2.24, 2.45) is 17.8 Å². The highest BCUT2D eigenvalue weighted by molar-refractivity contribution is 6.58. The highest BCUT2D eigenvalue weighted by Gasteiger charge is 2.77. The van der Waals surface area contributed by atoms with Crippen LogP contribution in [-0.4, -0.2) is 61.0 Å². The van der Waals surface area contributed by atoms with Gasteiger partial charge in [-0.3, -0.25) is 28.9 Å². The van der Waals surface area contributed by atoms with E-state index in [0.29, 0.717) is 30.0 Å². The van der Waals surface area contributed by atoms with E-state index in [1.807, 2.05) is 0 Å². The molecule has 0 aromatic heterocycles. The summed E-state index contributed by atoms with van der Waals surface area (Å²) in [6.07, 6.45) is 1.74. The summed E-state index contributed by atoms with van der Waals surface area (Å²) in [5.74, 6) is -23.1. The number of imide groups is 2. The van der Waals surface area contributed by atoms with Crippen molar-refractivity contribution in [1.82, 2.24) is 4.90 Å². The average Bonchev–Trinajstić information content (AvgIpc) is 3.44. The molecule has 16 heteroatoms. The number of amides is 4. The number of carbonyl (C=O) groups is 5. The Balaban J connectivity index is 1.40. The molecule has 272 valence electrons. The first kappa shape index (κ1) is 35.8. The first-order chi connectivity index (χ1) is 24.6. The summed E-state index contributed by atoms with van der Waals surface area (Å²) in [5.41, 5.74) is -1.73. The Kier molecular flexibility index (Phi) is 8.64. The monoisotopic (exact) mass is 764 g/mol. The van der Waals surface area contributed by atoms with Gasteiger partial charge in [-0.2, -0.15) is 0 Å². The fraction of sp³-hybridized carbons (Fsp3) is 0.361. The third-order valence-corrected chi connectivity index (χ3v) is 12.2. The number of carboxylic acids is 1. The molecule has 6 atom stereocenters. The van der Waals surface area contributed by atoms with Gasteiger partial charge in [-0.15, -0.1) is 23.2 Å². The van der Waals surface area contributed by atoms with Crippen LogP contribution >= 0.6 is 23.2 Å². The number of phenols is 1. The zero-order valence-corrected chi connectivity index (χ0v) is 28.3. The Labute approximate surface area is 301 Å². The zero-order chi connectivity index (χ0) is 37.6. The summed E-state index contributed by atoms with van der Waals surface area (Å²) in [6.45, 7) is -0.0310. The highest BCUT2D eigenvalue weighted by atomic mass is 35.5. The molecule has 2 aliphatic carbocycles. The third kappa shape index (κ3) is 4.82. The first-order valence-corrected chi connectivity index (χ1v) is 17.1. The molecule has 3 aromatic rings. The smallest absolute Gasteiger partial charge is 0.303 e. The number of aliphatic carboxylic acids is 1. The molecule has 9 nitrogen and oxygen atoms in total. The van der Waals surface area contributed by atoms with Crippen molar-refractivity contribution in [1.29, 1.82) is 0 Å². The molecule has 0 bridgehead atoms. The standard InChI is InChI=1S/C36H27Cl2F5N2O7/c37-35-14-19-17(10-11-18-22(19)32(50)44(31(18)49)13-5-1-2-8-21(47)48)24(23-16-7-4-3-6-15(16)9-12-20(23)46)36(35,38)34(52)45(33(35)51)30-28(42)26(40)25(39)27(41)29(30)43/h3-4,6-7,9-10,12,18-19,22,24,46H,1-2,5,8,11,13-14H2,(H,47,48). The molecule has 2 heterocycles. The maximum atomic E-state index is 15.3. The summed E-state index contributed by atoms with van der Waals surface area (Å²) in [6, 6.07) is 9.33. The molecule has 3 aromatic carbocycles. The number of unbranched alkanes of at least 4 members (excludes halogenated alkanes) is 2. The van der Waals surface area contributed by atoms with E-state index in [-0.39, 0.29) is 35.4 Å². The van der Waals surface area contributed by atoms with Crippen LogP contribution in [0.3, 0.4) is 0 Å². The summed E-state index contributed by atoms with van der Waals surface area (Å²) in [7, 11) is 0. The lowest BCUT2D eigenvalue weighted by atomic mass is 9.56. The molecule has 2 aliphatic heterocycles. The predicted octanol–water partition coefficient (Wildman–Crippen LogP) is 6.45. The normalized spacial score (nSPS) is 28.3. The van der Waals surface area contributed by atoms with Gasteiger partial charge in [0.25, 0.3) is 11.8 Å². The number of hydrogen-bond acceptors (Lipinski definition) is 6. The van der Waals surface area contributed by atoms with E-state index in [1.165, 1.54) is 6.07 Å². The number of carbonyl (C=O) groups excluding carboxylic acids is 4. The van der Waals surface area contributed by atoms with E-state index in [0.717, 1.165) is 4.90 Å². The molecular weight excluding hydrogens is 738 g/mol. The molecule has 0 spiro atoms. The van der Waals surface area contributed by atoms with E-state index in [4.69, 9.17) is 28.3 Å². The van der Waals surface area contributed by atoms with Gasteiger partial charge in [0.2, 0.25) is 17.6 Å². The Hall–Kier alpha value is -4.56. The topological polar surface area (TPSA) is 132 Å². The van der Waals surface area contributed by atoms with Crippen LogP contribution in [0.25, 0.3) is 10.8 Å². The quantitative estimate of drug-likeness (QED) is 0.0513. The largest absolute Gasteiger partial charge is 0.508 e. The SMILES string of the molecule is O=C(O)CCCCCN1C(=O)C2CC=C3C(CC4(Cl)C(=O)N(c5c(F)c(F)c(F)c(F)c5F)C(=O)C4(Cl)C3c3c(O)ccc4ccccc34)C2C1=O. The Morgan fingerprint density at radius 3 is 2.15 bits per heavy atom. The van der Waals surface area contributed by atoms with Gasteiger partial charge in [0, 0.05) is 24.4 Å². The number of alkyl halides is 2. The van der Waals surface area contributed by atoms with Crippen molar-refractivity contribution >= 4 is 69.3 Å². The number of carboxylic acid groups (broad SMARTS) is 1. The molecule has 2 saturated heterocycles. The summed E-state index contributed by atoms with van der Waals surface area (Å²) in [4.78, 5) is 62.8. The van der Waals surface area contributed by atoms with E-state index in [9.17, 15) is 42.3 Å². The molecule has 4 aliphatic rings. The minimum absolute atomic E-state index is 0.0310. The summed E-state index contributed by atoms with van der Waals surface area (Å²) < 4.78 is 73.7. The Morgan fingerprint density at radius 1 is 0.827 bits per heavy atom. The molecule has 4 amide bonds. The van der Waals surface area contributed by atoms with Crippen molar-refractivity contribution in [3.8, 4) is 5.75 Å². The minimum Gasteiger partial charge on any atom is -0.508 e. The molecule has 6 unspecified atom stereocenters. The van der Waals surface area contributed by atoms with Gasteiger partial charge >= 0.3 is 5.97 Å². The van der Waals surface area contributed by atoms with Crippen molar-refractivity contribution < 1.29 is 56.1 Å². The number of anilines is 1. The van der Waals surface area contributed by atoms with Gasteiger partial charge in [-0.1, -0.05) is 48.4 Å². The van der Waals surface area contributed by atoms with Gasteiger partial charge in [0.15, 0.2) is 33.0 Å². The number of hydrogen-bond donors (Lipinski definition) is 2. The molecule has 52 heavy (non-hydrogen) atoms. The minimum atomic E-state index is -2.78. The van der Waals surface area contributed by atoms with E-state index >= 15 is 8.78 Å². The number of aromatic hydroxyl groups is 1. The summed E-state index contributed by atoms with van der Waals surface area (Å²) in [5, 5.41) is 21.2. The van der Waals surface area contributed by atoms with Gasteiger partial charge < -0.3 is 10.2 Å². The van der Waals surface area contributed by atoms with Crippen molar-refractivity contribution in [2.45, 2.75) is 54.2 Å². The number of fused-ring (bicyclic) bond motifs is 5. The van der Waals surface area contributed by atoms with Crippen LogP contribution in [0.1, 0.15) is 50.0 Å². The third-order valence-electron chi connectivity index (χ3n) is 10.8.